The zero-order valence-corrected chi connectivity index (χ0v) is 16.3. The molecule has 148 valence electrons. The summed E-state index contributed by atoms with van der Waals surface area (Å²) in [5, 5.41) is 7.65. The second kappa shape index (κ2) is 8.26. The van der Waals surface area contributed by atoms with Crippen LogP contribution >= 0.6 is 0 Å². The molecule has 0 spiro atoms. The van der Waals surface area contributed by atoms with Crippen molar-refractivity contribution in [1.29, 1.82) is 0 Å². The van der Waals surface area contributed by atoms with Crippen LogP contribution in [0.1, 0.15) is 42.9 Å². The van der Waals surface area contributed by atoms with Crippen molar-refractivity contribution >= 4 is 28.7 Å². The van der Waals surface area contributed by atoms with Gasteiger partial charge in [0.15, 0.2) is 6.10 Å². The number of para-hydroxylation sites is 1. The minimum absolute atomic E-state index is 0.0370. The number of anilines is 1. The van der Waals surface area contributed by atoms with Crippen molar-refractivity contribution < 1.29 is 23.5 Å². The minimum Gasteiger partial charge on any atom is -0.449 e. The number of aromatic nitrogens is 2. The number of nitrogens with one attached hydrogen (secondary N) is 1. The van der Waals surface area contributed by atoms with E-state index in [9.17, 15) is 9.59 Å². The Balaban J connectivity index is 1.75. The third-order valence-electron chi connectivity index (χ3n) is 4.24. The van der Waals surface area contributed by atoms with Gasteiger partial charge in [-0.1, -0.05) is 18.2 Å². The highest BCUT2D eigenvalue weighted by atomic mass is 16.6. The van der Waals surface area contributed by atoms with E-state index in [0.717, 1.165) is 5.39 Å². The van der Waals surface area contributed by atoms with Crippen LogP contribution in [0.4, 0.5) is 5.82 Å². The molecule has 0 unspecified atom stereocenters. The Morgan fingerprint density at radius 3 is 2.68 bits per heavy atom. The van der Waals surface area contributed by atoms with Gasteiger partial charge < -0.3 is 19.2 Å². The SMILES string of the molecule is COCc1c(C(=O)O[C@H](C)C(=O)Nc2ccnn2C(C)C)oc2ccccc12. The van der Waals surface area contributed by atoms with Crippen LogP contribution in [0, 0.1) is 0 Å². The summed E-state index contributed by atoms with van der Waals surface area (Å²) in [4.78, 5) is 25.1. The maximum Gasteiger partial charge on any atom is 0.375 e. The van der Waals surface area contributed by atoms with E-state index in [4.69, 9.17) is 13.9 Å². The third-order valence-corrected chi connectivity index (χ3v) is 4.24. The van der Waals surface area contributed by atoms with E-state index in [1.54, 1.807) is 23.0 Å². The number of benzene rings is 1. The van der Waals surface area contributed by atoms with Crippen molar-refractivity contribution in [2.45, 2.75) is 39.5 Å². The summed E-state index contributed by atoms with van der Waals surface area (Å²) in [7, 11) is 1.53. The zero-order valence-electron chi connectivity index (χ0n) is 16.3. The Morgan fingerprint density at radius 1 is 1.21 bits per heavy atom. The fourth-order valence-corrected chi connectivity index (χ4v) is 2.87. The van der Waals surface area contributed by atoms with Gasteiger partial charge in [0.05, 0.1) is 12.8 Å². The molecule has 3 rings (SSSR count). The number of methoxy groups -OCH3 is 1. The summed E-state index contributed by atoms with van der Waals surface area (Å²) < 4.78 is 17.8. The number of furan rings is 1. The maximum absolute atomic E-state index is 12.6. The molecule has 0 bridgehead atoms. The lowest BCUT2D eigenvalue weighted by atomic mass is 10.1. The van der Waals surface area contributed by atoms with Crippen LogP contribution in [0.25, 0.3) is 11.0 Å². The zero-order chi connectivity index (χ0) is 20.3. The number of rotatable bonds is 7. The molecule has 2 heterocycles. The second-order valence-electron chi connectivity index (χ2n) is 6.63. The Morgan fingerprint density at radius 2 is 1.96 bits per heavy atom. The smallest absolute Gasteiger partial charge is 0.375 e. The van der Waals surface area contributed by atoms with Gasteiger partial charge in [-0.25, -0.2) is 9.48 Å². The predicted molar refractivity (Wildman–Crippen MR) is 103 cm³/mol. The molecule has 1 aromatic carbocycles. The van der Waals surface area contributed by atoms with Gasteiger partial charge in [0.2, 0.25) is 5.76 Å². The average Bonchev–Trinajstić information content (AvgIpc) is 3.27. The summed E-state index contributed by atoms with van der Waals surface area (Å²) in [6, 6.07) is 9.02. The first-order chi connectivity index (χ1) is 13.4. The lowest BCUT2D eigenvalue weighted by Crippen LogP contribution is -2.31. The minimum atomic E-state index is -1.02. The molecule has 0 fully saturated rings. The normalized spacial score (nSPS) is 12.3. The Bertz CT molecular complexity index is 989. The van der Waals surface area contributed by atoms with E-state index in [0.29, 0.717) is 17.0 Å². The number of carbonyl (C=O) groups is 2. The molecule has 1 amide bonds. The first-order valence-electron chi connectivity index (χ1n) is 8.97. The molecule has 0 saturated heterocycles. The topological polar surface area (TPSA) is 95.6 Å². The van der Waals surface area contributed by atoms with Gasteiger partial charge in [-0.2, -0.15) is 5.10 Å². The van der Waals surface area contributed by atoms with Crippen LogP contribution in [0.3, 0.4) is 0 Å². The lowest BCUT2D eigenvalue weighted by molar-refractivity contribution is -0.123. The second-order valence-corrected chi connectivity index (χ2v) is 6.63. The van der Waals surface area contributed by atoms with E-state index in [2.05, 4.69) is 10.4 Å². The molecule has 1 N–H and O–H groups in total. The lowest BCUT2D eigenvalue weighted by Gasteiger charge is -2.15. The number of hydrogen-bond donors (Lipinski definition) is 1. The molecule has 2 aromatic heterocycles. The number of fused-ring (bicyclic) bond motifs is 1. The highest BCUT2D eigenvalue weighted by Crippen LogP contribution is 2.27. The van der Waals surface area contributed by atoms with Gasteiger partial charge in [-0.3, -0.25) is 4.79 Å². The summed E-state index contributed by atoms with van der Waals surface area (Å²) in [6.07, 6.45) is 0.573. The van der Waals surface area contributed by atoms with E-state index < -0.39 is 18.0 Å². The van der Waals surface area contributed by atoms with E-state index in [1.807, 2.05) is 32.0 Å². The van der Waals surface area contributed by atoms with E-state index in [-0.39, 0.29) is 18.4 Å². The first-order valence-corrected chi connectivity index (χ1v) is 8.97. The number of carbonyl (C=O) groups excluding carboxylic acids is 2. The molecule has 0 radical (unpaired) electrons. The van der Waals surface area contributed by atoms with Crippen LogP contribution in [-0.4, -0.2) is 34.9 Å². The number of hydrogen-bond acceptors (Lipinski definition) is 6. The van der Waals surface area contributed by atoms with Crippen molar-refractivity contribution in [1.82, 2.24) is 9.78 Å². The van der Waals surface area contributed by atoms with Gasteiger partial charge in [0.1, 0.15) is 11.4 Å². The highest BCUT2D eigenvalue weighted by Gasteiger charge is 2.26. The molecular weight excluding hydrogens is 362 g/mol. The fourth-order valence-electron chi connectivity index (χ4n) is 2.87. The Hall–Kier alpha value is -3.13. The monoisotopic (exact) mass is 385 g/mol. The van der Waals surface area contributed by atoms with Crippen LogP contribution in [0.15, 0.2) is 40.9 Å². The van der Waals surface area contributed by atoms with Crippen molar-refractivity contribution in [3.05, 3.63) is 47.9 Å². The van der Waals surface area contributed by atoms with Crippen molar-refractivity contribution in [3.8, 4) is 0 Å². The Labute approximate surface area is 162 Å². The molecule has 28 heavy (non-hydrogen) atoms. The molecule has 0 saturated carbocycles. The third kappa shape index (κ3) is 3.91. The number of nitrogens with zero attached hydrogens (tertiary/aromatic N) is 2. The van der Waals surface area contributed by atoms with Gasteiger partial charge in [-0.15, -0.1) is 0 Å². The molecule has 3 aromatic rings. The van der Waals surface area contributed by atoms with E-state index in [1.165, 1.54) is 14.0 Å². The van der Waals surface area contributed by atoms with Crippen LogP contribution in [0.5, 0.6) is 0 Å². The van der Waals surface area contributed by atoms with Gasteiger partial charge >= 0.3 is 5.97 Å². The van der Waals surface area contributed by atoms with Gasteiger partial charge in [0.25, 0.3) is 5.91 Å². The summed E-state index contributed by atoms with van der Waals surface area (Å²) in [5.74, 6) is -0.606. The van der Waals surface area contributed by atoms with Crippen LogP contribution in [-0.2, 0) is 20.9 Å². The Kier molecular flexibility index (Phi) is 5.79. The number of esters is 1. The summed E-state index contributed by atoms with van der Waals surface area (Å²) in [5.41, 5.74) is 1.15. The summed E-state index contributed by atoms with van der Waals surface area (Å²) >= 11 is 0. The molecule has 1 atom stereocenters. The van der Waals surface area contributed by atoms with Crippen molar-refractivity contribution in [2.24, 2.45) is 0 Å². The maximum atomic E-state index is 12.6. The highest BCUT2D eigenvalue weighted by molar-refractivity contribution is 5.99. The molecule has 0 aliphatic carbocycles. The van der Waals surface area contributed by atoms with Crippen LogP contribution < -0.4 is 5.32 Å². The van der Waals surface area contributed by atoms with Gasteiger partial charge in [-0.05, 0) is 26.8 Å². The average molecular weight is 385 g/mol. The molecule has 0 aliphatic heterocycles. The van der Waals surface area contributed by atoms with Gasteiger partial charge in [0, 0.05) is 30.2 Å². The number of amides is 1. The van der Waals surface area contributed by atoms with Crippen molar-refractivity contribution in [3.63, 3.8) is 0 Å². The van der Waals surface area contributed by atoms with Crippen LogP contribution in [0.2, 0.25) is 0 Å². The fraction of sp³-hybridized carbons (Fsp3) is 0.350. The summed E-state index contributed by atoms with van der Waals surface area (Å²) in [6.45, 7) is 5.59. The van der Waals surface area contributed by atoms with E-state index >= 15 is 0 Å². The largest absolute Gasteiger partial charge is 0.449 e. The molecule has 8 heteroatoms. The number of ether oxygens (including phenoxy) is 2. The standard InChI is InChI=1S/C20H23N3O5/c1-12(2)23-17(9-10-21-23)22-19(24)13(3)27-20(25)18-15(11-26-4)14-7-5-6-8-16(14)28-18/h5-10,12-13H,11H2,1-4H3,(H,22,24)/t13-/m1/s1. The molecule has 0 aliphatic rings. The molecule has 8 nitrogen and oxygen atoms in total. The van der Waals surface area contributed by atoms with Crippen molar-refractivity contribution in [2.75, 3.05) is 12.4 Å². The predicted octanol–water partition coefficient (Wildman–Crippen LogP) is 3.54. The molecular formula is C20H23N3O5. The quantitative estimate of drug-likeness (QED) is 0.625. The first kappa shape index (κ1) is 19.6.